The van der Waals surface area contributed by atoms with Crippen molar-refractivity contribution in [2.24, 2.45) is 4.66 Å². The summed E-state index contributed by atoms with van der Waals surface area (Å²) < 4.78 is 10.7. The van der Waals surface area contributed by atoms with E-state index in [1.165, 1.54) is 0 Å². The summed E-state index contributed by atoms with van der Waals surface area (Å²) in [6.45, 7) is 21.9. The molecule has 1 rings (SSSR count). The van der Waals surface area contributed by atoms with Gasteiger partial charge in [-0.3, -0.25) is 0 Å². The highest BCUT2D eigenvalue weighted by molar-refractivity contribution is 6.79. The highest BCUT2D eigenvalue weighted by Crippen LogP contribution is 2.37. The topological polar surface area (TPSA) is 38.7 Å². The fourth-order valence-electron chi connectivity index (χ4n) is 1.58. The first kappa shape index (κ1) is 21.8. The van der Waals surface area contributed by atoms with Crippen molar-refractivity contribution in [2.45, 2.75) is 77.8 Å². The number of hydrogen-bond acceptors (Lipinski definition) is 3. The molecule has 0 amide bonds. The Morgan fingerprint density at radius 2 is 1.40 bits per heavy atom. The van der Waals surface area contributed by atoms with Gasteiger partial charge in [0, 0.05) is 6.21 Å². The van der Waals surface area contributed by atoms with Gasteiger partial charge in [0.25, 0.3) is 8.32 Å². The van der Waals surface area contributed by atoms with Gasteiger partial charge in [-0.25, -0.2) is 4.79 Å². The Bertz CT molecular complexity index is 633. The second-order valence-corrected chi connectivity index (χ2v) is 19.4. The van der Waals surface area contributed by atoms with Gasteiger partial charge < -0.3 is 9.08 Å². The van der Waals surface area contributed by atoms with E-state index in [0.29, 0.717) is 5.56 Å². The van der Waals surface area contributed by atoms with Crippen LogP contribution in [0.15, 0.2) is 28.9 Å². The van der Waals surface area contributed by atoms with Gasteiger partial charge in [-0.1, -0.05) is 53.7 Å². The van der Waals surface area contributed by atoms with Crippen LogP contribution < -0.4 is 0 Å². The molecule has 0 aliphatic heterocycles. The molecular formula is C20H35NO2Si2. The molecule has 0 bridgehead atoms. The van der Waals surface area contributed by atoms with Crippen LogP contribution in [0.4, 0.5) is 0 Å². The van der Waals surface area contributed by atoms with Gasteiger partial charge in [-0.05, 0) is 54.0 Å². The van der Waals surface area contributed by atoms with E-state index >= 15 is 0 Å². The maximum Gasteiger partial charge on any atom is 0.324 e. The largest absolute Gasteiger partial charge is 0.516 e. The SMILES string of the molecule is CC(C)(C)[Si](C)(C)/N=C\c1ccc(C(=O)O[Si](C)(C)C(C)(C)C)cc1. The summed E-state index contributed by atoms with van der Waals surface area (Å²) in [5.74, 6) is -0.223. The molecule has 0 aliphatic rings. The van der Waals surface area contributed by atoms with E-state index in [1.54, 1.807) is 0 Å². The van der Waals surface area contributed by atoms with Gasteiger partial charge in [0.2, 0.25) is 0 Å². The lowest BCUT2D eigenvalue weighted by molar-refractivity contribution is 0.0712. The Morgan fingerprint density at radius 1 is 0.920 bits per heavy atom. The predicted molar refractivity (Wildman–Crippen MR) is 114 cm³/mol. The highest BCUT2D eigenvalue weighted by Gasteiger charge is 2.40. The first-order chi connectivity index (χ1) is 11.1. The summed E-state index contributed by atoms with van der Waals surface area (Å²) in [6, 6.07) is 7.56. The Labute approximate surface area is 156 Å². The molecule has 25 heavy (non-hydrogen) atoms. The van der Waals surface area contributed by atoms with Crippen molar-refractivity contribution >= 4 is 28.7 Å². The maximum atomic E-state index is 12.5. The third-order valence-corrected chi connectivity index (χ3v) is 14.4. The predicted octanol–water partition coefficient (Wildman–Crippen LogP) is 6.27. The number of hydrogen-bond donors (Lipinski definition) is 0. The Balaban J connectivity index is 2.89. The standard InChI is InChI=1S/C20H35NO2Si2/c1-19(2,3)24(7,8)21-15-16-11-13-17(14-12-16)18(22)23-25(9,10)20(4,5)6/h11-15H,1-10H3/b21-15-. The summed E-state index contributed by atoms with van der Waals surface area (Å²) >= 11 is 0. The van der Waals surface area contributed by atoms with Crippen molar-refractivity contribution in [1.29, 1.82) is 0 Å². The van der Waals surface area contributed by atoms with Crippen LogP contribution in [0, 0.1) is 0 Å². The summed E-state index contributed by atoms with van der Waals surface area (Å²) in [5, 5.41) is 0.231. The molecule has 0 saturated carbocycles. The zero-order valence-electron chi connectivity index (χ0n) is 17.7. The molecule has 0 unspecified atom stereocenters. The zero-order valence-corrected chi connectivity index (χ0v) is 19.7. The summed E-state index contributed by atoms with van der Waals surface area (Å²) in [4.78, 5) is 12.5. The van der Waals surface area contributed by atoms with Gasteiger partial charge in [0.15, 0.2) is 8.24 Å². The monoisotopic (exact) mass is 377 g/mol. The zero-order chi connectivity index (χ0) is 19.7. The van der Waals surface area contributed by atoms with Gasteiger partial charge in [0.05, 0.1) is 5.56 Å². The smallest absolute Gasteiger partial charge is 0.324 e. The number of nitrogens with zero attached hydrogens (tertiary/aromatic N) is 1. The van der Waals surface area contributed by atoms with E-state index < -0.39 is 16.6 Å². The second-order valence-electron chi connectivity index (χ2n) is 9.84. The first-order valence-electron chi connectivity index (χ1n) is 8.95. The highest BCUT2D eigenvalue weighted by atomic mass is 28.4. The van der Waals surface area contributed by atoms with Crippen LogP contribution in [-0.4, -0.2) is 28.7 Å². The molecule has 3 nitrogen and oxygen atoms in total. The Hall–Kier alpha value is -1.21. The van der Waals surface area contributed by atoms with Crippen LogP contribution >= 0.6 is 0 Å². The molecule has 0 fully saturated rings. The third-order valence-electron chi connectivity index (χ3n) is 5.67. The summed E-state index contributed by atoms with van der Waals surface area (Å²) in [7, 11) is -3.79. The molecule has 140 valence electrons. The molecule has 1 aromatic carbocycles. The quantitative estimate of drug-likeness (QED) is 0.458. The minimum absolute atomic E-state index is 0.0123. The molecule has 0 atom stereocenters. The van der Waals surface area contributed by atoms with Gasteiger partial charge in [-0.15, -0.1) is 0 Å². The van der Waals surface area contributed by atoms with Gasteiger partial charge in [0.1, 0.15) is 0 Å². The molecule has 0 spiro atoms. The van der Waals surface area contributed by atoms with Crippen LogP contribution in [-0.2, 0) is 4.43 Å². The molecule has 0 radical (unpaired) electrons. The third kappa shape index (κ3) is 5.64. The van der Waals surface area contributed by atoms with Crippen molar-refractivity contribution in [1.82, 2.24) is 0 Å². The molecule has 0 heterocycles. The van der Waals surface area contributed by atoms with Crippen LogP contribution in [0.25, 0.3) is 0 Å². The minimum atomic E-state index is -2.10. The number of carbonyl (C=O) groups is 1. The normalized spacial score (nSPS) is 14.0. The summed E-state index contributed by atoms with van der Waals surface area (Å²) in [5.41, 5.74) is 1.63. The van der Waals surface area contributed by atoms with E-state index in [0.717, 1.165) is 5.56 Å². The van der Waals surface area contributed by atoms with E-state index in [1.807, 2.05) is 30.5 Å². The molecule has 1 aromatic rings. The van der Waals surface area contributed by atoms with Crippen molar-refractivity contribution in [3.63, 3.8) is 0 Å². The molecule has 5 heteroatoms. The lowest BCUT2D eigenvalue weighted by Gasteiger charge is -2.35. The Morgan fingerprint density at radius 3 is 1.80 bits per heavy atom. The van der Waals surface area contributed by atoms with Crippen molar-refractivity contribution in [2.75, 3.05) is 0 Å². The van der Waals surface area contributed by atoms with Crippen molar-refractivity contribution in [3.8, 4) is 0 Å². The molecule has 0 aromatic heterocycles. The van der Waals surface area contributed by atoms with E-state index in [9.17, 15) is 4.79 Å². The van der Waals surface area contributed by atoms with Gasteiger partial charge >= 0.3 is 5.97 Å². The maximum absolute atomic E-state index is 12.5. The number of benzene rings is 1. The number of carbonyl (C=O) groups excluding carboxylic acids is 1. The fraction of sp³-hybridized carbons (Fsp3) is 0.600. The lowest BCUT2D eigenvalue weighted by atomic mass is 10.1. The fourth-order valence-corrected chi connectivity index (χ4v) is 3.33. The second kappa shape index (κ2) is 7.19. The average Bonchev–Trinajstić information content (AvgIpc) is 2.42. The van der Waals surface area contributed by atoms with Crippen LogP contribution in [0.2, 0.25) is 36.3 Å². The average molecular weight is 378 g/mol. The summed E-state index contributed by atoms with van der Waals surface area (Å²) in [6.07, 6.45) is 1.94. The van der Waals surface area contributed by atoms with E-state index in [-0.39, 0.29) is 16.0 Å². The lowest BCUT2D eigenvalue weighted by Crippen LogP contribution is -2.42. The first-order valence-corrected chi connectivity index (χ1v) is 14.8. The van der Waals surface area contributed by atoms with E-state index in [4.69, 9.17) is 9.08 Å². The number of rotatable bonds is 4. The molecular weight excluding hydrogens is 342 g/mol. The Kier molecular flexibility index (Phi) is 6.28. The molecule has 0 N–H and O–H groups in total. The van der Waals surface area contributed by atoms with Crippen LogP contribution in [0.3, 0.4) is 0 Å². The van der Waals surface area contributed by atoms with Crippen LogP contribution in [0.5, 0.6) is 0 Å². The molecule has 0 saturated heterocycles. The molecule has 0 aliphatic carbocycles. The van der Waals surface area contributed by atoms with Crippen molar-refractivity contribution in [3.05, 3.63) is 35.4 Å². The van der Waals surface area contributed by atoms with Crippen LogP contribution in [0.1, 0.15) is 57.5 Å². The van der Waals surface area contributed by atoms with Crippen molar-refractivity contribution < 1.29 is 9.22 Å². The van der Waals surface area contributed by atoms with E-state index in [2.05, 4.69) is 67.7 Å². The minimum Gasteiger partial charge on any atom is -0.516 e. The van der Waals surface area contributed by atoms with Gasteiger partial charge in [-0.2, -0.15) is 0 Å².